The van der Waals surface area contributed by atoms with Crippen molar-refractivity contribution >= 4 is 0 Å². The summed E-state index contributed by atoms with van der Waals surface area (Å²) in [4.78, 5) is 4.96. The number of hydrogen-bond donors (Lipinski definition) is 1. The van der Waals surface area contributed by atoms with Crippen LogP contribution in [0.3, 0.4) is 0 Å². The minimum absolute atomic E-state index is 0.646. The topological polar surface area (TPSA) is 37.0 Å². The van der Waals surface area contributed by atoms with Gasteiger partial charge in [-0.25, -0.2) is 0 Å². The van der Waals surface area contributed by atoms with Gasteiger partial charge in [0.15, 0.2) is 11.5 Å². The number of benzene rings is 1. The van der Waals surface area contributed by atoms with Gasteiger partial charge in [-0.05, 0) is 32.6 Å². The molecule has 0 atom stereocenters. The third-order valence-electron chi connectivity index (χ3n) is 4.39. The van der Waals surface area contributed by atoms with Crippen molar-refractivity contribution in [3.05, 3.63) is 23.8 Å². The molecule has 5 heteroatoms. The zero-order chi connectivity index (χ0) is 15.2. The van der Waals surface area contributed by atoms with Crippen molar-refractivity contribution in [1.82, 2.24) is 15.1 Å². The highest BCUT2D eigenvalue weighted by Crippen LogP contribution is 2.33. The molecule has 1 N–H and O–H groups in total. The summed E-state index contributed by atoms with van der Waals surface area (Å²) in [5.74, 6) is 1.79. The molecule has 1 saturated heterocycles. The van der Waals surface area contributed by atoms with Crippen LogP contribution in [0.25, 0.3) is 0 Å². The van der Waals surface area contributed by atoms with Crippen LogP contribution < -0.4 is 14.8 Å². The first-order chi connectivity index (χ1) is 10.8. The van der Waals surface area contributed by atoms with Gasteiger partial charge in [-0.15, -0.1) is 0 Å². The summed E-state index contributed by atoms with van der Waals surface area (Å²) in [5.41, 5.74) is 1.19. The summed E-state index contributed by atoms with van der Waals surface area (Å²) in [7, 11) is 2.20. The van der Waals surface area contributed by atoms with Crippen LogP contribution in [0.2, 0.25) is 0 Å². The molecule has 2 aliphatic rings. The molecule has 122 valence electrons. The lowest BCUT2D eigenvalue weighted by atomic mass is 10.1. The Morgan fingerprint density at radius 2 is 1.91 bits per heavy atom. The van der Waals surface area contributed by atoms with Crippen molar-refractivity contribution in [1.29, 1.82) is 0 Å². The van der Waals surface area contributed by atoms with E-state index < -0.39 is 0 Å². The monoisotopic (exact) mass is 305 g/mol. The zero-order valence-electron chi connectivity index (χ0n) is 13.5. The van der Waals surface area contributed by atoms with Crippen LogP contribution in [-0.2, 0) is 6.54 Å². The molecule has 1 aromatic rings. The Balaban J connectivity index is 1.37. The minimum atomic E-state index is 0.646. The highest BCUT2D eigenvalue weighted by atomic mass is 16.6. The molecular weight excluding hydrogens is 278 g/mol. The molecular formula is C17H27N3O2. The molecule has 1 aromatic carbocycles. The van der Waals surface area contributed by atoms with Crippen LogP contribution in [0.5, 0.6) is 11.5 Å². The summed E-state index contributed by atoms with van der Waals surface area (Å²) >= 11 is 0. The average molecular weight is 305 g/mol. The van der Waals surface area contributed by atoms with Crippen LogP contribution in [0, 0.1) is 0 Å². The van der Waals surface area contributed by atoms with Crippen LogP contribution in [0.1, 0.15) is 12.0 Å². The van der Waals surface area contributed by atoms with Gasteiger partial charge >= 0.3 is 0 Å². The number of nitrogens with one attached hydrogen (secondary N) is 1. The molecule has 1 fully saturated rings. The van der Waals surface area contributed by atoms with Crippen LogP contribution >= 0.6 is 0 Å². The maximum absolute atomic E-state index is 5.74. The lowest BCUT2D eigenvalue weighted by Crippen LogP contribution is -2.45. The Bertz CT molecular complexity index is 473. The lowest BCUT2D eigenvalue weighted by Gasteiger charge is -2.32. The summed E-state index contributed by atoms with van der Waals surface area (Å²) in [6.07, 6.45) is 1.19. The van der Waals surface area contributed by atoms with Crippen molar-refractivity contribution in [2.24, 2.45) is 0 Å². The van der Waals surface area contributed by atoms with Crippen molar-refractivity contribution in [2.45, 2.75) is 13.0 Å². The number of para-hydroxylation sites is 1. The molecule has 0 saturated carbocycles. The van der Waals surface area contributed by atoms with E-state index in [1.165, 1.54) is 44.7 Å². The van der Waals surface area contributed by atoms with Crippen LogP contribution in [-0.4, -0.2) is 69.3 Å². The molecule has 0 bridgehead atoms. The van der Waals surface area contributed by atoms with Gasteiger partial charge in [0.05, 0.1) is 0 Å². The quantitative estimate of drug-likeness (QED) is 0.799. The average Bonchev–Trinajstić information content (AvgIpc) is 2.56. The van der Waals surface area contributed by atoms with E-state index in [1.807, 2.05) is 12.1 Å². The molecule has 0 amide bonds. The summed E-state index contributed by atoms with van der Waals surface area (Å²) in [5, 5.41) is 3.53. The number of rotatable bonds is 6. The summed E-state index contributed by atoms with van der Waals surface area (Å²) in [6, 6.07) is 6.13. The second kappa shape index (κ2) is 7.81. The van der Waals surface area contributed by atoms with Gasteiger partial charge < -0.3 is 24.6 Å². The highest BCUT2D eigenvalue weighted by molar-refractivity contribution is 5.47. The number of hydrogen-bond acceptors (Lipinski definition) is 5. The maximum atomic E-state index is 5.74. The first-order valence-electron chi connectivity index (χ1n) is 8.32. The van der Waals surface area contributed by atoms with Crippen molar-refractivity contribution in [2.75, 3.05) is 59.5 Å². The molecule has 0 spiro atoms. The van der Waals surface area contributed by atoms with Gasteiger partial charge in [-0.2, -0.15) is 0 Å². The number of likely N-dealkylation sites (N-methyl/N-ethyl adjacent to an activating group) is 1. The van der Waals surface area contributed by atoms with E-state index >= 15 is 0 Å². The number of fused-ring (bicyclic) bond motifs is 1. The molecule has 2 heterocycles. The normalized spacial score (nSPS) is 19.3. The lowest BCUT2D eigenvalue weighted by molar-refractivity contribution is 0.152. The van der Waals surface area contributed by atoms with Gasteiger partial charge in [0.2, 0.25) is 0 Å². The molecule has 3 rings (SSSR count). The summed E-state index contributed by atoms with van der Waals surface area (Å²) in [6.45, 7) is 9.16. The number of piperazine rings is 1. The fraction of sp³-hybridized carbons (Fsp3) is 0.647. The largest absolute Gasteiger partial charge is 0.486 e. The fourth-order valence-electron chi connectivity index (χ4n) is 3.00. The maximum Gasteiger partial charge on any atom is 0.165 e. The molecule has 0 aliphatic carbocycles. The third-order valence-corrected chi connectivity index (χ3v) is 4.39. The van der Waals surface area contributed by atoms with Crippen LogP contribution in [0.15, 0.2) is 18.2 Å². The Hall–Kier alpha value is -1.30. The van der Waals surface area contributed by atoms with Crippen molar-refractivity contribution in [3.8, 4) is 11.5 Å². The molecule has 0 aromatic heterocycles. The molecule has 0 unspecified atom stereocenters. The first-order valence-corrected chi connectivity index (χ1v) is 8.32. The molecule has 0 radical (unpaired) electrons. The van der Waals surface area contributed by atoms with E-state index in [0.717, 1.165) is 24.6 Å². The van der Waals surface area contributed by atoms with Gasteiger partial charge in [-0.1, -0.05) is 12.1 Å². The Kier molecular flexibility index (Phi) is 5.53. The minimum Gasteiger partial charge on any atom is -0.486 e. The van der Waals surface area contributed by atoms with E-state index in [2.05, 4.69) is 28.2 Å². The van der Waals surface area contributed by atoms with Crippen molar-refractivity contribution in [3.63, 3.8) is 0 Å². The SMILES string of the molecule is CN1CCN(CCCNCc2cccc3c2OCCO3)CC1. The number of nitrogens with zero attached hydrogens (tertiary/aromatic N) is 2. The smallest absolute Gasteiger partial charge is 0.165 e. The fourth-order valence-corrected chi connectivity index (χ4v) is 3.00. The predicted molar refractivity (Wildman–Crippen MR) is 87.7 cm³/mol. The van der Waals surface area contributed by atoms with Crippen molar-refractivity contribution < 1.29 is 9.47 Å². The Labute approximate surface area is 133 Å². The van der Waals surface area contributed by atoms with E-state index in [-0.39, 0.29) is 0 Å². The zero-order valence-corrected chi connectivity index (χ0v) is 13.5. The van der Waals surface area contributed by atoms with Gasteiger partial charge in [0, 0.05) is 38.3 Å². The van der Waals surface area contributed by atoms with E-state index in [4.69, 9.17) is 9.47 Å². The predicted octanol–water partition coefficient (Wildman–Crippen LogP) is 1.18. The third kappa shape index (κ3) is 4.12. The molecule has 22 heavy (non-hydrogen) atoms. The van der Waals surface area contributed by atoms with Crippen LogP contribution in [0.4, 0.5) is 0 Å². The van der Waals surface area contributed by atoms with E-state index in [1.54, 1.807) is 0 Å². The molecule has 2 aliphatic heterocycles. The Morgan fingerprint density at radius 3 is 2.77 bits per heavy atom. The number of ether oxygens (including phenoxy) is 2. The van der Waals surface area contributed by atoms with Gasteiger partial charge in [0.25, 0.3) is 0 Å². The Morgan fingerprint density at radius 1 is 1.09 bits per heavy atom. The molecule has 5 nitrogen and oxygen atoms in total. The van der Waals surface area contributed by atoms with E-state index in [0.29, 0.717) is 13.2 Å². The first kappa shape index (κ1) is 15.6. The second-order valence-electron chi connectivity index (χ2n) is 6.12. The van der Waals surface area contributed by atoms with Gasteiger partial charge in [0.1, 0.15) is 13.2 Å². The van der Waals surface area contributed by atoms with Gasteiger partial charge in [-0.3, -0.25) is 0 Å². The second-order valence-corrected chi connectivity index (χ2v) is 6.12. The standard InChI is InChI=1S/C17H27N3O2/c1-19-8-10-20(11-9-19)7-3-6-18-14-15-4-2-5-16-17(15)22-13-12-21-16/h2,4-5,18H,3,6-14H2,1H3. The summed E-state index contributed by atoms with van der Waals surface area (Å²) < 4.78 is 11.4. The highest BCUT2D eigenvalue weighted by Gasteiger charge is 2.15. The van der Waals surface area contributed by atoms with E-state index in [9.17, 15) is 0 Å².